The smallest absolute Gasteiger partial charge is 0.184 e. The molecule has 2 heterocycles. The molecule has 3 heteroatoms. The largest absolute Gasteiger partial charge is 0.472 e. The predicted octanol–water partition coefficient (Wildman–Crippen LogP) is 1.83. The first kappa shape index (κ1) is 9.99. The quantitative estimate of drug-likeness (QED) is 0.614. The zero-order valence-corrected chi connectivity index (χ0v) is 7.57. The molecule has 0 unspecified atom stereocenters. The van der Waals surface area contributed by atoms with Crippen LogP contribution in [0, 0.1) is 0 Å². The maximum atomic E-state index is 10.2. The highest BCUT2D eigenvalue weighted by Gasteiger charge is 1.94. The Morgan fingerprint density at radius 2 is 1.62 bits per heavy atom. The molecule has 0 aromatic carbocycles. The van der Waals surface area contributed by atoms with E-state index in [0.717, 1.165) is 13.2 Å². The van der Waals surface area contributed by atoms with Crippen molar-refractivity contribution in [3.8, 4) is 0 Å². The Morgan fingerprint density at radius 3 is 1.85 bits per heavy atom. The van der Waals surface area contributed by atoms with E-state index in [1.165, 1.54) is 43.9 Å². The monoisotopic (exact) mass is 182 g/mol. The Labute approximate surface area is 77.3 Å². The molecule has 0 amide bonds. The third-order valence-corrected chi connectivity index (χ3v) is 1.70. The minimum atomic E-state index is -0.0220. The Bertz CT molecular complexity index is 234. The molecule has 1 fully saturated rings. The summed E-state index contributed by atoms with van der Waals surface area (Å²) >= 11 is 0. The number of ether oxygens (including phenoxy) is 1. The lowest BCUT2D eigenvalue weighted by molar-refractivity contribution is 0.0968. The summed E-state index contributed by atoms with van der Waals surface area (Å²) in [4.78, 5) is 10.2. The van der Waals surface area contributed by atoms with E-state index in [2.05, 4.69) is 4.42 Å². The number of hydrogen-bond donors (Lipinski definition) is 0. The van der Waals surface area contributed by atoms with Crippen molar-refractivity contribution in [2.45, 2.75) is 19.3 Å². The van der Waals surface area contributed by atoms with Gasteiger partial charge in [-0.3, -0.25) is 4.79 Å². The topological polar surface area (TPSA) is 39.4 Å². The van der Waals surface area contributed by atoms with Crippen molar-refractivity contribution in [3.63, 3.8) is 0 Å². The molecule has 1 saturated heterocycles. The Morgan fingerprint density at radius 1 is 1.00 bits per heavy atom. The highest BCUT2D eigenvalue weighted by Crippen LogP contribution is 2.02. The third kappa shape index (κ3) is 5.20. The second-order valence-electron chi connectivity index (χ2n) is 2.82. The molecule has 1 aromatic rings. The molecule has 0 N–H and O–H groups in total. The van der Waals surface area contributed by atoms with Gasteiger partial charge in [-0.1, -0.05) is 0 Å². The van der Waals surface area contributed by atoms with Crippen molar-refractivity contribution < 1.29 is 9.15 Å². The summed E-state index contributed by atoms with van der Waals surface area (Å²) in [6.07, 6.45) is 6.63. The first-order valence-electron chi connectivity index (χ1n) is 4.50. The molecule has 1 aliphatic heterocycles. The summed E-state index contributed by atoms with van der Waals surface area (Å²) in [5, 5.41) is 0. The molecule has 0 saturated carbocycles. The van der Waals surface area contributed by atoms with E-state index in [-0.39, 0.29) is 5.43 Å². The highest BCUT2D eigenvalue weighted by atomic mass is 16.5. The fourth-order valence-electron chi connectivity index (χ4n) is 1.00. The van der Waals surface area contributed by atoms with E-state index in [1.54, 1.807) is 0 Å². The summed E-state index contributed by atoms with van der Waals surface area (Å²) in [5.41, 5.74) is -0.0220. The maximum Gasteiger partial charge on any atom is 0.184 e. The summed E-state index contributed by atoms with van der Waals surface area (Å²) < 4.78 is 9.63. The van der Waals surface area contributed by atoms with Gasteiger partial charge in [-0.05, 0) is 19.3 Å². The summed E-state index contributed by atoms with van der Waals surface area (Å²) in [5.74, 6) is 0. The second kappa shape index (κ2) is 6.43. The van der Waals surface area contributed by atoms with Crippen molar-refractivity contribution >= 4 is 0 Å². The lowest BCUT2D eigenvalue weighted by atomic mass is 10.2. The minimum Gasteiger partial charge on any atom is -0.472 e. The van der Waals surface area contributed by atoms with Crippen molar-refractivity contribution in [2.24, 2.45) is 0 Å². The van der Waals surface area contributed by atoms with E-state index in [0.29, 0.717) is 0 Å². The number of hydrogen-bond acceptors (Lipinski definition) is 3. The van der Waals surface area contributed by atoms with Crippen molar-refractivity contribution in [1.82, 2.24) is 0 Å². The van der Waals surface area contributed by atoms with Gasteiger partial charge in [-0.25, -0.2) is 0 Å². The van der Waals surface area contributed by atoms with E-state index >= 15 is 0 Å². The average molecular weight is 182 g/mol. The molecule has 3 nitrogen and oxygen atoms in total. The zero-order valence-electron chi connectivity index (χ0n) is 7.57. The summed E-state index contributed by atoms with van der Waals surface area (Å²) in [6, 6.07) is 2.72. The molecule has 72 valence electrons. The van der Waals surface area contributed by atoms with Crippen LogP contribution in [0.4, 0.5) is 0 Å². The third-order valence-electron chi connectivity index (χ3n) is 1.70. The van der Waals surface area contributed by atoms with Crippen LogP contribution in [0.3, 0.4) is 0 Å². The first-order chi connectivity index (χ1) is 6.39. The van der Waals surface area contributed by atoms with Crippen LogP contribution in [0.5, 0.6) is 0 Å². The summed E-state index contributed by atoms with van der Waals surface area (Å²) in [6.45, 7) is 2.00. The molecular weight excluding hydrogens is 168 g/mol. The Hall–Kier alpha value is -1.09. The van der Waals surface area contributed by atoms with Gasteiger partial charge in [-0.15, -0.1) is 0 Å². The lowest BCUT2D eigenvalue weighted by Gasteiger charge is -2.08. The maximum absolute atomic E-state index is 10.2. The molecule has 0 atom stereocenters. The zero-order chi connectivity index (χ0) is 9.36. The number of rotatable bonds is 0. The fraction of sp³-hybridized carbons (Fsp3) is 0.500. The molecule has 1 aromatic heterocycles. The Kier molecular flexibility index (Phi) is 4.94. The SMILES string of the molecule is C1CCOCC1.O=c1ccocc1. The van der Waals surface area contributed by atoms with Gasteiger partial charge in [-0.2, -0.15) is 0 Å². The van der Waals surface area contributed by atoms with Crippen LogP contribution in [0.2, 0.25) is 0 Å². The Balaban J connectivity index is 0.000000132. The van der Waals surface area contributed by atoms with Gasteiger partial charge in [0.1, 0.15) is 0 Å². The first-order valence-corrected chi connectivity index (χ1v) is 4.50. The van der Waals surface area contributed by atoms with Crippen LogP contribution in [0.1, 0.15) is 19.3 Å². The standard InChI is InChI=1S/C5H4O2.C5H10O/c6-5-1-3-7-4-2-5;1-2-4-6-5-3-1/h1-4H;1-5H2. The highest BCUT2D eigenvalue weighted by molar-refractivity contribution is 4.86. The van der Waals surface area contributed by atoms with Gasteiger partial charge in [0.15, 0.2) is 5.43 Å². The molecule has 13 heavy (non-hydrogen) atoms. The van der Waals surface area contributed by atoms with Crippen molar-refractivity contribution in [2.75, 3.05) is 13.2 Å². The molecule has 0 spiro atoms. The van der Waals surface area contributed by atoms with Crippen molar-refractivity contribution in [1.29, 1.82) is 0 Å². The van der Waals surface area contributed by atoms with Gasteiger partial charge in [0.2, 0.25) is 0 Å². The molecule has 2 rings (SSSR count). The molecule has 0 bridgehead atoms. The van der Waals surface area contributed by atoms with Crippen LogP contribution in [-0.2, 0) is 4.74 Å². The van der Waals surface area contributed by atoms with Crippen molar-refractivity contribution in [3.05, 3.63) is 34.9 Å². The fourth-order valence-corrected chi connectivity index (χ4v) is 1.00. The molecule has 0 aliphatic carbocycles. The van der Waals surface area contributed by atoms with Crippen LogP contribution >= 0.6 is 0 Å². The van der Waals surface area contributed by atoms with Crippen LogP contribution in [0.15, 0.2) is 33.9 Å². The average Bonchev–Trinajstić information content (AvgIpc) is 2.22. The molecule has 1 aliphatic rings. The van der Waals surface area contributed by atoms with Crippen LogP contribution in [0.25, 0.3) is 0 Å². The van der Waals surface area contributed by atoms with E-state index < -0.39 is 0 Å². The van der Waals surface area contributed by atoms with E-state index in [1.807, 2.05) is 0 Å². The summed E-state index contributed by atoms with van der Waals surface area (Å²) in [7, 11) is 0. The van der Waals surface area contributed by atoms with Gasteiger partial charge in [0, 0.05) is 25.3 Å². The molecule has 0 radical (unpaired) electrons. The molecular formula is C10H14O3. The van der Waals surface area contributed by atoms with Gasteiger partial charge in [0.25, 0.3) is 0 Å². The van der Waals surface area contributed by atoms with E-state index in [4.69, 9.17) is 4.74 Å². The van der Waals surface area contributed by atoms with E-state index in [9.17, 15) is 4.79 Å². The van der Waals surface area contributed by atoms with Crippen LogP contribution < -0.4 is 5.43 Å². The second-order valence-corrected chi connectivity index (χ2v) is 2.82. The minimum absolute atomic E-state index is 0.0220. The van der Waals surface area contributed by atoms with Gasteiger partial charge in [0.05, 0.1) is 12.5 Å². The predicted molar refractivity (Wildman–Crippen MR) is 49.6 cm³/mol. The van der Waals surface area contributed by atoms with Gasteiger partial charge >= 0.3 is 0 Å². The normalized spacial score (nSPS) is 15.7. The van der Waals surface area contributed by atoms with Gasteiger partial charge < -0.3 is 9.15 Å². The lowest BCUT2D eigenvalue weighted by Crippen LogP contribution is -2.03. The van der Waals surface area contributed by atoms with Crippen LogP contribution in [-0.4, -0.2) is 13.2 Å².